The Morgan fingerprint density at radius 3 is 1.78 bits per heavy atom. The summed E-state index contributed by atoms with van der Waals surface area (Å²) >= 11 is 0. The van der Waals surface area contributed by atoms with Crippen LogP contribution in [-0.4, -0.2) is 0 Å². The van der Waals surface area contributed by atoms with Crippen LogP contribution in [0, 0.1) is 5.92 Å². The number of hydrogen-bond acceptors (Lipinski definition) is 1. The van der Waals surface area contributed by atoms with Crippen LogP contribution in [0.4, 0.5) is 0 Å². The van der Waals surface area contributed by atoms with E-state index in [4.69, 9.17) is 4.42 Å². The average Bonchev–Trinajstić information content (AvgIpc) is 3.60. The molecule has 2 aliphatic rings. The monoisotopic (exact) mass is 648 g/mol. The fourth-order valence-electron chi connectivity index (χ4n) is 8.99. The molecule has 0 radical (unpaired) electrons. The van der Waals surface area contributed by atoms with Gasteiger partial charge in [-0.05, 0) is 94.7 Å². The third-order valence-corrected chi connectivity index (χ3v) is 11.2. The fourth-order valence-corrected chi connectivity index (χ4v) is 8.99. The molecule has 2 aliphatic carbocycles. The molecule has 0 saturated heterocycles. The Bertz CT molecular complexity index is 2910. The standard InChI is InChI=1S/C50H32O/c1-4-15-36-31(12-1)28-29-46-50(36)49-37(22-11-23-45(49)51-46)32-24-26-33(27-25-32)47-40-18-7-9-20-42(40)48(43-21-10-8-19-41(43)47)44-30-34-13-2-3-14-35(34)38-16-5-6-17-39(38)44/h1-31,36H. The maximum atomic E-state index is 6.44. The van der Waals surface area contributed by atoms with Gasteiger partial charge >= 0.3 is 0 Å². The lowest BCUT2D eigenvalue weighted by Crippen LogP contribution is -2.12. The highest BCUT2D eigenvalue weighted by atomic mass is 16.3. The summed E-state index contributed by atoms with van der Waals surface area (Å²) < 4.78 is 6.44. The largest absolute Gasteiger partial charge is 0.456 e. The summed E-state index contributed by atoms with van der Waals surface area (Å²) in [5.74, 6) is 1.62. The van der Waals surface area contributed by atoms with Crippen LogP contribution >= 0.6 is 0 Å². The molecule has 11 rings (SSSR count). The van der Waals surface area contributed by atoms with Crippen molar-refractivity contribution in [3.05, 3.63) is 187 Å². The first-order valence-electron chi connectivity index (χ1n) is 17.9. The SMILES string of the molecule is C1=CC2C=Cc3oc4cccc(-c5ccc(-c6c7ccccc7c(-c7cc8ccccc8c8ccccc78)c7ccccc67)cc5)c4c3C2C=C1. The van der Waals surface area contributed by atoms with Crippen molar-refractivity contribution in [2.75, 3.05) is 0 Å². The second-order valence-corrected chi connectivity index (χ2v) is 13.9. The van der Waals surface area contributed by atoms with Gasteiger partial charge < -0.3 is 4.42 Å². The van der Waals surface area contributed by atoms with E-state index >= 15 is 0 Å². The molecule has 8 aromatic carbocycles. The van der Waals surface area contributed by atoms with E-state index in [1.165, 1.54) is 87.4 Å². The van der Waals surface area contributed by atoms with Crippen LogP contribution in [0.25, 0.3) is 93.5 Å². The fraction of sp³-hybridized carbons (Fsp3) is 0.0400. The third-order valence-electron chi connectivity index (χ3n) is 11.2. The first kappa shape index (κ1) is 28.4. The smallest absolute Gasteiger partial charge is 0.135 e. The molecule has 0 amide bonds. The van der Waals surface area contributed by atoms with Crippen LogP contribution in [-0.2, 0) is 0 Å². The third kappa shape index (κ3) is 4.22. The second kappa shape index (κ2) is 11.0. The molecule has 238 valence electrons. The van der Waals surface area contributed by atoms with Gasteiger partial charge in [0.25, 0.3) is 0 Å². The summed E-state index contributed by atoms with van der Waals surface area (Å²) in [4.78, 5) is 0. The molecule has 0 saturated carbocycles. The average molecular weight is 649 g/mol. The van der Waals surface area contributed by atoms with Crippen LogP contribution in [0.5, 0.6) is 0 Å². The zero-order valence-corrected chi connectivity index (χ0v) is 27.9. The normalized spacial score (nSPS) is 16.4. The van der Waals surface area contributed by atoms with Gasteiger partial charge in [-0.2, -0.15) is 0 Å². The lowest BCUT2D eigenvalue weighted by atomic mass is 9.77. The molecule has 0 aliphatic heterocycles. The van der Waals surface area contributed by atoms with Crippen molar-refractivity contribution in [2.24, 2.45) is 5.92 Å². The van der Waals surface area contributed by atoms with Crippen LogP contribution in [0.15, 0.2) is 180 Å². The highest BCUT2D eigenvalue weighted by Gasteiger charge is 2.30. The zero-order chi connectivity index (χ0) is 33.5. The molecule has 9 aromatic rings. The first-order valence-corrected chi connectivity index (χ1v) is 17.9. The Labute approximate surface area is 296 Å². The van der Waals surface area contributed by atoms with Crippen LogP contribution in [0.1, 0.15) is 17.2 Å². The molecule has 1 heteroatoms. The van der Waals surface area contributed by atoms with E-state index in [1.807, 2.05) is 0 Å². The van der Waals surface area contributed by atoms with Gasteiger partial charge in [0.1, 0.15) is 11.3 Å². The molecule has 51 heavy (non-hydrogen) atoms. The van der Waals surface area contributed by atoms with Gasteiger partial charge in [-0.15, -0.1) is 0 Å². The van der Waals surface area contributed by atoms with E-state index in [9.17, 15) is 0 Å². The predicted octanol–water partition coefficient (Wildman–Crippen LogP) is 13.9. The minimum absolute atomic E-state index is 0.285. The summed E-state index contributed by atoms with van der Waals surface area (Å²) in [5.41, 5.74) is 9.71. The van der Waals surface area contributed by atoms with Crippen LogP contribution in [0.2, 0.25) is 0 Å². The number of allylic oxidation sites excluding steroid dienone is 5. The summed E-state index contributed by atoms with van der Waals surface area (Å²) in [5, 5.41) is 11.4. The molecule has 1 heterocycles. The molecule has 2 atom stereocenters. The Kier molecular flexibility index (Phi) is 6.15. The molecule has 0 spiro atoms. The van der Waals surface area contributed by atoms with Crippen molar-refractivity contribution < 1.29 is 4.42 Å². The van der Waals surface area contributed by atoms with Gasteiger partial charge in [-0.1, -0.05) is 164 Å². The second-order valence-electron chi connectivity index (χ2n) is 13.9. The molecule has 1 aromatic heterocycles. The van der Waals surface area contributed by atoms with Gasteiger partial charge in [-0.3, -0.25) is 0 Å². The molecular formula is C50H32O. The van der Waals surface area contributed by atoms with E-state index < -0.39 is 0 Å². The lowest BCUT2D eigenvalue weighted by molar-refractivity contribution is 0.578. The summed E-state index contributed by atoms with van der Waals surface area (Å²) in [6.07, 6.45) is 13.4. The van der Waals surface area contributed by atoms with Crippen molar-refractivity contribution in [3.63, 3.8) is 0 Å². The number of benzene rings is 8. The van der Waals surface area contributed by atoms with Crippen molar-refractivity contribution in [1.82, 2.24) is 0 Å². The topological polar surface area (TPSA) is 13.1 Å². The van der Waals surface area contributed by atoms with Crippen molar-refractivity contribution in [2.45, 2.75) is 5.92 Å². The van der Waals surface area contributed by atoms with E-state index in [0.29, 0.717) is 5.92 Å². The molecular weight excluding hydrogens is 617 g/mol. The van der Waals surface area contributed by atoms with Crippen molar-refractivity contribution >= 4 is 60.1 Å². The maximum absolute atomic E-state index is 6.44. The van der Waals surface area contributed by atoms with Gasteiger partial charge in [0, 0.05) is 22.8 Å². The molecule has 2 unspecified atom stereocenters. The zero-order valence-electron chi connectivity index (χ0n) is 27.9. The molecule has 0 bridgehead atoms. The Balaban J connectivity index is 1.12. The number of hydrogen-bond donors (Lipinski definition) is 0. The predicted molar refractivity (Wildman–Crippen MR) is 216 cm³/mol. The Hall–Kier alpha value is -6.44. The quantitative estimate of drug-likeness (QED) is 0.137. The van der Waals surface area contributed by atoms with E-state index in [1.54, 1.807) is 0 Å². The van der Waals surface area contributed by atoms with Gasteiger partial charge in [-0.25, -0.2) is 0 Å². The highest BCUT2D eigenvalue weighted by molar-refractivity contribution is 6.25. The minimum atomic E-state index is 0.285. The Morgan fingerprint density at radius 1 is 0.431 bits per heavy atom. The number of furan rings is 1. The Morgan fingerprint density at radius 2 is 1.04 bits per heavy atom. The lowest BCUT2D eigenvalue weighted by Gasteiger charge is -2.25. The highest BCUT2D eigenvalue weighted by Crippen LogP contribution is 2.48. The summed E-state index contributed by atoms with van der Waals surface area (Å²) in [6, 6.07) is 53.6. The van der Waals surface area contributed by atoms with Crippen molar-refractivity contribution in [3.8, 4) is 33.4 Å². The summed E-state index contributed by atoms with van der Waals surface area (Å²) in [6.45, 7) is 0. The van der Waals surface area contributed by atoms with Gasteiger partial charge in [0.05, 0.1) is 0 Å². The molecule has 0 fully saturated rings. The summed E-state index contributed by atoms with van der Waals surface area (Å²) in [7, 11) is 0. The van der Waals surface area contributed by atoms with Gasteiger partial charge in [0.2, 0.25) is 0 Å². The van der Waals surface area contributed by atoms with Crippen LogP contribution in [0.3, 0.4) is 0 Å². The van der Waals surface area contributed by atoms with Crippen LogP contribution < -0.4 is 0 Å². The molecule has 0 N–H and O–H groups in total. The van der Waals surface area contributed by atoms with E-state index in [2.05, 4.69) is 182 Å². The van der Waals surface area contributed by atoms with E-state index in [0.717, 1.165) is 11.3 Å². The first-order chi connectivity index (χ1) is 25.3. The van der Waals surface area contributed by atoms with Crippen molar-refractivity contribution in [1.29, 1.82) is 0 Å². The van der Waals surface area contributed by atoms with Gasteiger partial charge in [0.15, 0.2) is 0 Å². The number of rotatable bonds is 3. The maximum Gasteiger partial charge on any atom is 0.135 e. The van der Waals surface area contributed by atoms with E-state index in [-0.39, 0.29) is 5.92 Å². The minimum Gasteiger partial charge on any atom is -0.456 e. The number of fused-ring (bicyclic) bond motifs is 10. The molecule has 1 nitrogen and oxygen atoms in total.